The van der Waals surface area contributed by atoms with Crippen molar-refractivity contribution in [1.82, 2.24) is 14.1 Å². The molecule has 2 aromatic rings. The van der Waals surface area contributed by atoms with Crippen molar-refractivity contribution in [3.8, 4) is 0 Å². The minimum atomic E-state index is 0.0462. The lowest BCUT2D eigenvalue weighted by molar-refractivity contribution is 0.642. The zero-order valence-electron chi connectivity index (χ0n) is 12.2. The highest BCUT2D eigenvalue weighted by Gasteiger charge is 2.03. The van der Waals surface area contributed by atoms with E-state index in [1.54, 1.807) is 10.6 Å². The second-order valence-electron chi connectivity index (χ2n) is 4.84. The summed E-state index contributed by atoms with van der Waals surface area (Å²) in [6.45, 7) is 6.61. The fraction of sp³-hybridized carbons (Fsp3) is 0.467. The zero-order valence-corrected chi connectivity index (χ0v) is 12.2. The standard InChI is InChI=1S/C15H22N4O/c1-3-8-18-10-7-16-14(18)11-17-13-5-6-15(20)19(12-13)9-4-2/h5-7,10,12,17H,3-4,8-9,11H2,1-2H3. The van der Waals surface area contributed by atoms with Crippen LogP contribution < -0.4 is 10.9 Å². The largest absolute Gasteiger partial charge is 0.377 e. The van der Waals surface area contributed by atoms with Crippen molar-refractivity contribution < 1.29 is 0 Å². The number of hydrogen-bond donors (Lipinski definition) is 1. The second kappa shape index (κ2) is 6.93. The van der Waals surface area contributed by atoms with Gasteiger partial charge in [0.05, 0.1) is 12.2 Å². The lowest BCUT2D eigenvalue weighted by Gasteiger charge is -2.10. The van der Waals surface area contributed by atoms with Gasteiger partial charge in [-0.1, -0.05) is 13.8 Å². The predicted octanol–water partition coefficient (Wildman–Crippen LogP) is 2.48. The summed E-state index contributed by atoms with van der Waals surface area (Å²) in [6, 6.07) is 3.43. The third-order valence-electron chi connectivity index (χ3n) is 3.16. The van der Waals surface area contributed by atoms with E-state index in [2.05, 4.69) is 28.7 Å². The highest BCUT2D eigenvalue weighted by molar-refractivity contribution is 5.40. The van der Waals surface area contributed by atoms with E-state index in [0.29, 0.717) is 6.54 Å². The molecule has 0 fully saturated rings. The summed E-state index contributed by atoms with van der Waals surface area (Å²) in [5, 5.41) is 3.33. The summed E-state index contributed by atoms with van der Waals surface area (Å²) >= 11 is 0. The van der Waals surface area contributed by atoms with Crippen molar-refractivity contribution in [2.45, 2.75) is 46.3 Å². The highest BCUT2D eigenvalue weighted by atomic mass is 16.1. The average molecular weight is 274 g/mol. The van der Waals surface area contributed by atoms with Gasteiger partial charge in [0.15, 0.2) is 0 Å². The molecule has 0 aliphatic heterocycles. The maximum atomic E-state index is 11.7. The first-order valence-electron chi connectivity index (χ1n) is 7.19. The maximum Gasteiger partial charge on any atom is 0.250 e. The van der Waals surface area contributed by atoms with E-state index in [4.69, 9.17) is 0 Å². The summed E-state index contributed by atoms with van der Waals surface area (Å²) in [6.07, 6.45) is 7.73. The molecule has 2 aromatic heterocycles. The van der Waals surface area contributed by atoms with Gasteiger partial charge in [0.1, 0.15) is 5.82 Å². The monoisotopic (exact) mass is 274 g/mol. The molecular weight excluding hydrogens is 252 g/mol. The minimum Gasteiger partial charge on any atom is -0.377 e. The van der Waals surface area contributed by atoms with E-state index in [9.17, 15) is 4.79 Å². The molecular formula is C15H22N4O. The number of pyridine rings is 1. The molecule has 0 atom stereocenters. The van der Waals surface area contributed by atoms with E-state index in [1.807, 2.05) is 24.7 Å². The molecule has 0 aliphatic rings. The number of aryl methyl sites for hydroxylation is 2. The Balaban J connectivity index is 2.05. The van der Waals surface area contributed by atoms with Gasteiger partial charge in [0, 0.05) is 37.7 Å². The molecule has 0 aliphatic carbocycles. The lowest BCUT2D eigenvalue weighted by atomic mass is 10.3. The van der Waals surface area contributed by atoms with Gasteiger partial charge in [0.2, 0.25) is 0 Å². The van der Waals surface area contributed by atoms with Crippen LogP contribution in [0.3, 0.4) is 0 Å². The van der Waals surface area contributed by atoms with Crippen molar-refractivity contribution in [3.05, 3.63) is 46.9 Å². The summed E-state index contributed by atoms with van der Waals surface area (Å²) in [5.74, 6) is 1.01. The first-order valence-corrected chi connectivity index (χ1v) is 7.19. The topological polar surface area (TPSA) is 51.9 Å². The maximum absolute atomic E-state index is 11.7. The third-order valence-corrected chi connectivity index (χ3v) is 3.16. The van der Waals surface area contributed by atoms with Gasteiger partial charge in [0.25, 0.3) is 5.56 Å². The van der Waals surface area contributed by atoms with E-state index < -0.39 is 0 Å². The molecule has 0 spiro atoms. The van der Waals surface area contributed by atoms with Crippen LogP contribution in [0.15, 0.2) is 35.5 Å². The molecule has 0 bridgehead atoms. The Morgan fingerprint density at radius 2 is 1.90 bits per heavy atom. The van der Waals surface area contributed by atoms with Gasteiger partial charge in [-0.05, 0) is 18.9 Å². The number of aromatic nitrogens is 3. The molecule has 0 aromatic carbocycles. The van der Waals surface area contributed by atoms with Crippen LogP contribution in [0.1, 0.15) is 32.5 Å². The number of nitrogens with zero attached hydrogens (tertiary/aromatic N) is 3. The second-order valence-corrected chi connectivity index (χ2v) is 4.84. The van der Waals surface area contributed by atoms with Crippen molar-refractivity contribution in [1.29, 1.82) is 0 Å². The molecule has 2 heterocycles. The van der Waals surface area contributed by atoms with E-state index in [1.165, 1.54) is 0 Å². The molecule has 0 saturated carbocycles. The van der Waals surface area contributed by atoms with Crippen LogP contribution in [0.4, 0.5) is 5.69 Å². The smallest absolute Gasteiger partial charge is 0.250 e. The van der Waals surface area contributed by atoms with Crippen LogP contribution in [0.2, 0.25) is 0 Å². The van der Waals surface area contributed by atoms with E-state index in [0.717, 1.165) is 37.4 Å². The molecule has 2 rings (SSSR count). The van der Waals surface area contributed by atoms with Gasteiger partial charge < -0.3 is 14.5 Å². The van der Waals surface area contributed by atoms with Gasteiger partial charge in [-0.15, -0.1) is 0 Å². The first kappa shape index (κ1) is 14.4. The fourth-order valence-electron chi connectivity index (χ4n) is 2.18. The van der Waals surface area contributed by atoms with Gasteiger partial charge >= 0.3 is 0 Å². The summed E-state index contributed by atoms with van der Waals surface area (Å²) in [5.41, 5.74) is 0.994. The van der Waals surface area contributed by atoms with Crippen molar-refractivity contribution >= 4 is 5.69 Å². The minimum absolute atomic E-state index is 0.0462. The third kappa shape index (κ3) is 3.50. The van der Waals surface area contributed by atoms with E-state index in [-0.39, 0.29) is 5.56 Å². The quantitative estimate of drug-likeness (QED) is 0.844. The number of imidazole rings is 1. The molecule has 5 nitrogen and oxygen atoms in total. The summed E-state index contributed by atoms with van der Waals surface area (Å²) in [7, 11) is 0. The van der Waals surface area contributed by atoms with Gasteiger partial charge in [-0.25, -0.2) is 4.98 Å². The van der Waals surface area contributed by atoms with Crippen LogP contribution in [-0.4, -0.2) is 14.1 Å². The summed E-state index contributed by atoms with van der Waals surface area (Å²) in [4.78, 5) is 16.0. The number of nitrogens with one attached hydrogen (secondary N) is 1. The number of anilines is 1. The Bertz CT molecular complexity index is 600. The summed E-state index contributed by atoms with van der Waals surface area (Å²) < 4.78 is 3.88. The van der Waals surface area contributed by atoms with Crippen LogP contribution in [0.5, 0.6) is 0 Å². The van der Waals surface area contributed by atoms with Crippen molar-refractivity contribution in [2.75, 3.05) is 5.32 Å². The number of rotatable bonds is 7. The predicted molar refractivity (Wildman–Crippen MR) is 80.8 cm³/mol. The van der Waals surface area contributed by atoms with Crippen molar-refractivity contribution in [2.24, 2.45) is 0 Å². The SMILES string of the molecule is CCCn1ccnc1CNc1ccc(=O)n(CCC)c1. The Kier molecular flexibility index (Phi) is 4.98. The van der Waals surface area contributed by atoms with Gasteiger partial charge in [-0.2, -0.15) is 0 Å². The average Bonchev–Trinajstić information content (AvgIpc) is 2.88. The van der Waals surface area contributed by atoms with E-state index >= 15 is 0 Å². The Morgan fingerprint density at radius 3 is 2.65 bits per heavy atom. The van der Waals surface area contributed by atoms with Gasteiger partial charge in [-0.3, -0.25) is 4.79 Å². The normalized spacial score (nSPS) is 10.7. The van der Waals surface area contributed by atoms with Crippen LogP contribution in [0.25, 0.3) is 0 Å². The highest BCUT2D eigenvalue weighted by Crippen LogP contribution is 2.07. The molecule has 0 saturated heterocycles. The Morgan fingerprint density at radius 1 is 1.15 bits per heavy atom. The van der Waals surface area contributed by atoms with Crippen LogP contribution in [0, 0.1) is 0 Å². The molecule has 20 heavy (non-hydrogen) atoms. The molecule has 0 radical (unpaired) electrons. The zero-order chi connectivity index (χ0) is 14.4. The van der Waals surface area contributed by atoms with Crippen LogP contribution in [-0.2, 0) is 19.6 Å². The Labute approximate surface area is 119 Å². The molecule has 5 heteroatoms. The first-order chi connectivity index (χ1) is 9.74. The Hall–Kier alpha value is -2.04. The van der Waals surface area contributed by atoms with Crippen molar-refractivity contribution in [3.63, 3.8) is 0 Å². The molecule has 0 unspecified atom stereocenters. The number of hydrogen-bond acceptors (Lipinski definition) is 3. The molecule has 1 N–H and O–H groups in total. The fourth-order valence-corrected chi connectivity index (χ4v) is 2.18. The lowest BCUT2D eigenvalue weighted by Crippen LogP contribution is -2.19. The van der Waals surface area contributed by atoms with Crippen LogP contribution >= 0.6 is 0 Å². The molecule has 108 valence electrons. The molecule has 0 amide bonds.